The van der Waals surface area contributed by atoms with Gasteiger partial charge in [0.15, 0.2) is 0 Å². The number of nitrogens with two attached hydrogens (primary N) is 1. The Morgan fingerprint density at radius 2 is 1.48 bits per heavy atom. The standard InChI is InChI=1S/C15H26N4O8S2/c1-29-3-2-8(13(24)19-10(6-28)15(26)27)17-14(25)9(5-20)18-12(23)7(16)4-11(21)22/h7-10,20,28H,2-6,16H2,1H3,(H,17,25)(H,18,23)(H,19,24)(H,21,22)(H,26,27). The van der Waals surface area contributed by atoms with E-state index in [4.69, 9.17) is 15.9 Å². The number of carboxylic acids is 2. The number of carboxylic acid groups (broad SMARTS) is 2. The van der Waals surface area contributed by atoms with Crippen LogP contribution >= 0.6 is 24.4 Å². The van der Waals surface area contributed by atoms with E-state index in [1.807, 2.05) is 0 Å². The number of thioether (sulfide) groups is 1. The molecule has 12 nitrogen and oxygen atoms in total. The number of aliphatic hydroxyl groups excluding tert-OH is 1. The molecule has 0 radical (unpaired) electrons. The molecule has 0 aliphatic rings. The first-order chi connectivity index (χ1) is 13.6. The highest BCUT2D eigenvalue weighted by atomic mass is 32.2. The second-order valence-corrected chi connectivity index (χ2v) is 7.22. The average Bonchev–Trinajstić information content (AvgIpc) is 2.65. The van der Waals surface area contributed by atoms with Crippen molar-refractivity contribution in [2.24, 2.45) is 5.73 Å². The third-order valence-electron chi connectivity index (χ3n) is 3.59. The largest absolute Gasteiger partial charge is 0.481 e. The maximum Gasteiger partial charge on any atom is 0.327 e. The molecule has 29 heavy (non-hydrogen) atoms. The van der Waals surface area contributed by atoms with Gasteiger partial charge in [0.25, 0.3) is 0 Å². The highest BCUT2D eigenvalue weighted by Crippen LogP contribution is 2.03. The van der Waals surface area contributed by atoms with Crippen LogP contribution < -0.4 is 21.7 Å². The van der Waals surface area contributed by atoms with Gasteiger partial charge in [-0.25, -0.2) is 4.79 Å². The van der Waals surface area contributed by atoms with E-state index in [-0.39, 0.29) is 12.2 Å². The Morgan fingerprint density at radius 1 is 0.966 bits per heavy atom. The van der Waals surface area contributed by atoms with Crippen molar-refractivity contribution < 1.29 is 39.3 Å². The summed E-state index contributed by atoms with van der Waals surface area (Å²) in [6.07, 6.45) is 1.25. The fraction of sp³-hybridized carbons (Fsp3) is 0.667. The number of nitrogens with one attached hydrogen (secondary N) is 3. The summed E-state index contributed by atoms with van der Waals surface area (Å²) in [5.74, 6) is -4.97. The van der Waals surface area contributed by atoms with Crippen LogP contribution in [0.5, 0.6) is 0 Å². The first-order valence-corrected chi connectivity index (χ1v) is 10.4. The van der Waals surface area contributed by atoms with Gasteiger partial charge in [0.05, 0.1) is 19.1 Å². The molecule has 0 aromatic carbocycles. The number of hydrogen-bond donors (Lipinski definition) is 8. The normalized spacial score (nSPS) is 14.8. The molecule has 0 saturated heterocycles. The Morgan fingerprint density at radius 3 is 1.93 bits per heavy atom. The number of amides is 3. The van der Waals surface area contributed by atoms with E-state index in [0.717, 1.165) is 0 Å². The Hall–Kier alpha value is -2.03. The Labute approximate surface area is 176 Å². The second kappa shape index (κ2) is 14.0. The summed E-state index contributed by atoms with van der Waals surface area (Å²) < 4.78 is 0. The van der Waals surface area contributed by atoms with E-state index in [0.29, 0.717) is 5.75 Å². The lowest BCUT2D eigenvalue weighted by Gasteiger charge is -2.24. The molecular formula is C15H26N4O8S2. The number of carbonyl (C=O) groups excluding carboxylic acids is 3. The molecule has 4 unspecified atom stereocenters. The van der Waals surface area contributed by atoms with Crippen molar-refractivity contribution in [2.45, 2.75) is 37.0 Å². The second-order valence-electron chi connectivity index (χ2n) is 5.87. The third kappa shape index (κ3) is 10.3. The van der Waals surface area contributed by atoms with Gasteiger partial charge in [-0.3, -0.25) is 19.2 Å². The Kier molecular flexibility index (Phi) is 13.0. The molecule has 0 bridgehead atoms. The lowest BCUT2D eigenvalue weighted by Crippen LogP contribution is -2.58. The molecule has 0 saturated carbocycles. The van der Waals surface area contributed by atoms with Crippen LogP contribution in [0.4, 0.5) is 0 Å². The number of thiol groups is 1. The van der Waals surface area contributed by atoms with Gasteiger partial charge in [-0.1, -0.05) is 0 Å². The van der Waals surface area contributed by atoms with Gasteiger partial charge in [-0.15, -0.1) is 0 Å². The van der Waals surface area contributed by atoms with Crippen LogP contribution in [0.1, 0.15) is 12.8 Å². The summed E-state index contributed by atoms with van der Waals surface area (Å²) in [5, 5.41) is 33.7. The predicted molar refractivity (Wildman–Crippen MR) is 108 cm³/mol. The molecule has 0 aromatic rings. The first-order valence-electron chi connectivity index (χ1n) is 8.39. The predicted octanol–water partition coefficient (Wildman–Crippen LogP) is -3.00. The van der Waals surface area contributed by atoms with Crippen LogP contribution in [-0.2, 0) is 24.0 Å². The summed E-state index contributed by atoms with van der Waals surface area (Å²) in [7, 11) is 0. The zero-order valence-electron chi connectivity index (χ0n) is 15.7. The van der Waals surface area contributed by atoms with Crippen molar-refractivity contribution >= 4 is 54.1 Å². The molecule has 4 atom stereocenters. The molecule has 0 heterocycles. The molecule has 0 aliphatic heterocycles. The van der Waals surface area contributed by atoms with Crippen molar-refractivity contribution in [3.8, 4) is 0 Å². The van der Waals surface area contributed by atoms with Crippen LogP contribution in [-0.4, -0.2) is 93.5 Å². The van der Waals surface area contributed by atoms with E-state index in [2.05, 4.69) is 28.6 Å². The van der Waals surface area contributed by atoms with Crippen LogP contribution in [0.2, 0.25) is 0 Å². The first kappa shape index (κ1) is 27.0. The summed E-state index contributed by atoms with van der Waals surface area (Å²) >= 11 is 5.23. The maximum absolute atomic E-state index is 12.4. The number of carbonyl (C=O) groups is 5. The number of aliphatic carboxylic acids is 2. The van der Waals surface area contributed by atoms with Crippen LogP contribution in [0.3, 0.4) is 0 Å². The van der Waals surface area contributed by atoms with Crippen molar-refractivity contribution in [1.82, 2.24) is 16.0 Å². The minimum Gasteiger partial charge on any atom is -0.481 e. The van der Waals surface area contributed by atoms with E-state index < -0.39 is 66.9 Å². The zero-order chi connectivity index (χ0) is 22.6. The third-order valence-corrected chi connectivity index (χ3v) is 4.60. The number of aliphatic hydroxyl groups is 1. The minimum absolute atomic E-state index is 0.155. The molecule has 0 aliphatic carbocycles. The smallest absolute Gasteiger partial charge is 0.327 e. The Balaban J connectivity index is 5.11. The highest BCUT2D eigenvalue weighted by molar-refractivity contribution is 7.98. The molecule has 166 valence electrons. The molecular weight excluding hydrogens is 428 g/mol. The van der Waals surface area contributed by atoms with Gasteiger partial charge < -0.3 is 37.0 Å². The summed E-state index contributed by atoms with van der Waals surface area (Å²) in [6.45, 7) is -0.831. The van der Waals surface area contributed by atoms with Crippen LogP contribution in [0.15, 0.2) is 0 Å². The van der Waals surface area contributed by atoms with Crippen molar-refractivity contribution in [3.05, 3.63) is 0 Å². The fourth-order valence-corrected chi connectivity index (χ4v) is 2.71. The summed E-state index contributed by atoms with van der Waals surface area (Å²) in [5.41, 5.74) is 5.40. The van der Waals surface area contributed by atoms with Crippen molar-refractivity contribution in [3.63, 3.8) is 0 Å². The molecule has 0 fully saturated rings. The van der Waals surface area contributed by atoms with Crippen LogP contribution in [0, 0.1) is 0 Å². The summed E-state index contributed by atoms with van der Waals surface area (Å²) in [6, 6.07) is -5.30. The SMILES string of the molecule is CSCCC(NC(=O)C(CO)NC(=O)C(N)CC(=O)O)C(=O)NC(CS)C(=O)O. The minimum atomic E-state index is -1.48. The molecule has 14 heteroatoms. The van der Waals surface area contributed by atoms with Gasteiger partial charge in [-0.05, 0) is 18.4 Å². The molecule has 3 amide bonds. The molecule has 0 spiro atoms. The van der Waals surface area contributed by atoms with E-state index >= 15 is 0 Å². The lowest BCUT2D eigenvalue weighted by molar-refractivity contribution is -0.141. The number of rotatable bonds is 14. The van der Waals surface area contributed by atoms with Crippen LogP contribution in [0.25, 0.3) is 0 Å². The monoisotopic (exact) mass is 454 g/mol. The van der Waals surface area contributed by atoms with Gasteiger partial charge in [-0.2, -0.15) is 24.4 Å². The highest BCUT2D eigenvalue weighted by Gasteiger charge is 2.29. The quantitative estimate of drug-likeness (QED) is 0.125. The maximum atomic E-state index is 12.4. The lowest BCUT2D eigenvalue weighted by atomic mass is 10.1. The van der Waals surface area contributed by atoms with Crippen molar-refractivity contribution in [2.75, 3.05) is 24.4 Å². The van der Waals surface area contributed by atoms with E-state index in [1.165, 1.54) is 11.8 Å². The molecule has 8 N–H and O–H groups in total. The Bertz CT molecular complexity index is 607. The van der Waals surface area contributed by atoms with E-state index in [9.17, 15) is 29.1 Å². The average molecular weight is 455 g/mol. The van der Waals surface area contributed by atoms with Gasteiger partial charge in [0, 0.05) is 5.75 Å². The molecule has 0 aromatic heterocycles. The van der Waals surface area contributed by atoms with Gasteiger partial charge >= 0.3 is 11.9 Å². The van der Waals surface area contributed by atoms with Gasteiger partial charge in [0.2, 0.25) is 17.7 Å². The number of hydrogen-bond acceptors (Lipinski definition) is 9. The van der Waals surface area contributed by atoms with Crippen molar-refractivity contribution in [1.29, 1.82) is 0 Å². The topological polar surface area (TPSA) is 208 Å². The summed E-state index contributed by atoms with van der Waals surface area (Å²) in [4.78, 5) is 58.2. The van der Waals surface area contributed by atoms with E-state index in [1.54, 1.807) is 6.26 Å². The zero-order valence-corrected chi connectivity index (χ0v) is 17.4. The van der Waals surface area contributed by atoms with Gasteiger partial charge in [0.1, 0.15) is 18.1 Å². The molecule has 0 rings (SSSR count). The fourth-order valence-electron chi connectivity index (χ4n) is 1.99.